The van der Waals surface area contributed by atoms with Crippen LogP contribution in [0.5, 0.6) is 0 Å². The zero-order valence-corrected chi connectivity index (χ0v) is 11.2. The first-order valence-corrected chi connectivity index (χ1v) is 6.76. The van der Waals surface area contributed by atoms with Crippen molar-refractivity contribution in [2.45, 2.75) is 46.0 Å². The van der Waals surface area contributed by atoms with Gasteiger partial charge in [-0.1, -0.05) is 38.8 Å². The predicted molar refractivity (Wildman–Crippen MR) is 70.9 cm³/mol. The van der Waals surface area contributed by atoms with E-state index in [9.17, 15) is 9.18 Å². The van der Waals surface area contributed by atoms with Crippen LogP contribution in [0.3, 0.4) is 0 Å². The molecule has 0 saturated heterocycles. The largest absolute Gasteiger partial charge is 0.299 e. The van der Waals surface area contributed by atoms with Gasteiger partial charge in [-0.3, -0.25) is 4.79 Å². The van der Waals surface area contributed by atoms with Crippen LogP contribution in [0.15, 0.2) is 24.3 Å². The normalized spacial score (nSPS) is 22.7. The standard InChI is InChI=1S/C16H21FO/c1-16(2)10-4-3-5-14(16)15(18)11-12-6-8-13(17)9-7-12/h6-9,14H,3-5,10-11H2,1-2H3. The summed E-state index contributed by atoms with van der Waals surface area (Å²) < 4.78 is 12.8. The van der Waals surface area contributed by atoms with E-state index in [4.69, 9.17) is 0 Å². The number of hydrogen-bond donors (Lipinski definition) is 0. The van der Waals surface area contributed by atoms with Gasteiger partial charge < -0.3 is 0 Å². The van der Waals surface area contributed by atoms with Crippen LogP contribution in [-0.4, -0.2) is 5.78 Å². The van der Waals surface area contributed by atoms with E-state index in [0.29, 0.717) is 12.2 Å². The van der Waals surface area contributed by atoms with E-state index < -0.39 is 0 Å². The van der Waals surface area contributed by atoms with Crippen LogP contribution in [0.25, 0.3) is 0 Å². The number of carbonyl (C=O) groups excluding carboxylic acids is 1. The van der Waals surface area contributed by atoms with Gasteiger partial charge in [-0.05, 0) is 36.0 Å². The van der Waals surface area contributed by atoms with Crippen LogP contribution >= 0.6 is 0 Å². The Hall–Kier alpha value is -1.18. The zero-order chi connectivity index (χ0) is 13.2. The van der Waals surface area contributed by atoms with Gasteiger partial charge >= 0.3 is 0 Å². The molecule has 0 aliphatic heterocycles. The highest BCUT2D eigenvalue weighted by Gasteiger charge is 2.36. The summed E-state index contributed by atoms with van der Waals surface area (Å²) in [5.41, 5.74) is 1.04. The van der Waals surface area contributed by atoms with E-state index in [1.807, 2.05) is 0 Å². The fourth-order valence-corrected chi connectivity index (χ4v) is 3.02. The fraction of sp³-hybridized carbons (Fsp3) is 0.562. The quantitative estimate of drug-likeness (QED) is 0.785. The Balaban J connectivity index is 2.05. The molecule has 2 rings (SSSR count). The first kappa shape index (κ1) is 13.3. The molecule has 0 aromatic heterocycles. The number of hydrogen-bond acceptors (Lipinski definition) is 1. The monoisotopic (exact) mass is 248 g/mol. The average molecular weight is 248 g/mol. The minimum absolute atomic E-state index is 0.120. The lowest BCUT2D eigenvalue weighted by Crippen LogP contribution is -2.34. The summed E-state index contributed by atoms with van der Waals surface area (Å²) in [5.74, 6) is 0.229. The van der Waals surface area contributed by atoms with Crippen LogP contribution in [-0.2, 0) is 11.2 Å². The van der Waals surface area contributed by atoms with Crippen molar-refractivity contribution >= 4 is 5.78 Å². The van der Waals surface area contributed by atoms with Crippen LogP contribution in [0.1, 0.15) is 45.1 Å². The van der Waals surface area contributed by atoms with Crippen molar-refractivity contribution in [1.82, 2.24) is 0 Å². The Morgan fingerprint density at radius 3 is 2.56 bits per heavy atom. The second kappa shape index (κ2) is 5.21. The maximum absolute atomic E-state index is 12.8. The highest BCUT2D eigenvalue weighted by atomic mass is 19.1. The summed E-state index contributed by atoms with van der Waals surface area (Å²) in [6.45, 7) is 4.39. The maximum Gasteiger partial charge on any atom is 0.140 e. The van der Waals surface area contributed by atoms with Crippen molar-refractivity contribution in [3.05, 3.63) is 35.6 Å². The molecule has 1 aliphatic rings. The number of ketones is 1. The number of carbonyl (C=O) groups is 1. The number of halogens is 1. The molecule has 1 aliphatic carbocycles. The molecule has 2 heteroatoms. The Bertz CT molecular complexity index is 419. The second-order valence-electron chi connectivity index (χ2n) is 6.06. The molecule has 0 amide bonds. The Morgan fingerprint density at radius 2 is 1.94 bits per heavy atom. The molecule has 0 spiro atoms. The Morgan fingerprint density at radius 1 is 1.28 bits per heavy atom. The number of rotatable bonds is 3. The van der Waals surface area contributed by atoms with Crippen molar-refractivity contribution < 1.29 is 9.18 Å². The Labute approximate surface area is 108 Å². The third-order valence-electron chi connectivity index (χ3n) is 4.19. The van der Waals surface area contributed by atoms with Crippen molar-refractivity contribution in [3.8, 4) is 0 Å². The highest BCUT2D eigenvalue weighted by Crippen LogP contribution is 2.41. The summed E-state index contributed by atoms with van der Waals surface area (Å²) in [6, 6.07) is 6.27. The third-order valence-corrected chi connectivity index (χ3v) is 4.19. The van der Waals surface area contributed by atoms with E-state index in [-0.39, 0.29) is 17.2 Å². The molecule has 1 fully saturated rings. The second-order valence-corrected chi connectivity index (χ2v) is 6.06. The van der Waals surface area contributed by atoms with E-state index in [1.165, 1.54) is 18.6 Å². The van der Waals surface area contributed by atoms with Gasteiger partial charge in [0.2, 0.25) is 0 Å². The molecule has 0 bridgehead atoms. The molecule has 1 nitrogen and oxygen atoms in total. The van der Waals surface area contributed by atoms with Gasteiger partial charge in [0.15, 0.2) is 0 Å². The summed E-state index contributed by atoms with van der Waals surface area (Å²) in [5, 5.41) is 0. The average Bonchev–Trinajstić information content (AvgIpc) is 2.31. The van der Waals surface area contributed by atoms with E-state index in [2.05, 4.69) is 13.8 Å². The maximum atomic E-state index is 12.8. The first-order valence-electron chi connectivity index (χ1n) is 6.76. The minimum Gasteiger partial charge on any atom is -0.299 e. The third kappa shape index (κ3) is 2.98. The van der Waals surface area contributed by atoms with Gasteiger partial charge in [0.25, 0.3) is 0 Å². The lowest BCUT2D eigenvalue weighted by molar-refractivity contribution is -0.127. The van der Waals surface area contributed by atoms with Gasteiger partial charge in [0, 0.05) is 12.3 Å². The molecule has 0 heterocycles. The summed E-state index contributed by atoms with van der Waals surface area (Å²) >= 11 is 0. The zero-order valence-electron chi connectivity index (χ0n) is 11.2. The van der Waals surface area contributed by atoms with Crippen molar-refractivity contribution in [3.63, 3.8) is 0 Å². The summed E-state index contributed by atoms with van der Waals surface area (Å²) in [7, 11) is 0. The van der Waals surface area contributed by atoms with Crippen LogP contribution in [0, 0.1) is 17.2 Å². The van der Waals surface area contributed by atoms with Gasteiger partial charge in [-0.25, -0.2) is 4.39 Å². The van der Waals surface area contributed by atoms with E-state index >= 15 is 0 Å². The molecule has 18 heavy (non-hydrogen) atoms. The van der Waals surface area contributed by atoms with E-state index in [0.717, 1.165) is 24.8 Å². The molecule has 1 atom stereocenters. The van der Waals surface area contributed by atoms with Crippen molar-refractivity contribution in [2.75, 3.05) is 0 Å². The molecule has 1 unspecified atom stereocenters. The molecule has 0 N–H and O–H groups in total. The summed E-state index contributed by atoms with van der Waals surface area (Å²) in [4.78, 5) is 12.4. The van der Waals surface area contributed by atoms with Crippen LogP contribution < -0.4 is 0 Å². The summed E-state index contributed by atoms with van der Waals surface area (Å²) in [6.07, 6.45) is 4.96. The Kier molecular flexibility index (Phi) is 3.84. The van der Waals surface area contributed by atoms with Crippen molar-refractivity contribution in [2.24, 2.45) is 11.3 Å². The molecule has 1 aromatic carbocycles. The van der Waals surface area contributed by atoms with Gasteiger partial charge in [-0.15, -0.1) is 0 Å². The van der Waals surface area contributed by atoms with Gasteiger partial charge in [0.05, 0.1) is 0 Å². The van der Waals surface area contributed by atoms with Crippen molar-refractivity contribution in [1.29, 1.82) is 0 Å². The smallest absolute Gasteiger partial charge is 0.140 e. The van der Waals surface area contributed by atoms with Gasteiger partial charge in [0.1, 0.15) is 11.6 Å². The highest BCUT2D eigenvalue weighted by molar-refractivity contribution is 5.84. The predicted octanol–water partition coefficient (Wildman–Crippen LogP) is 4.15. The molecule has 1 saturated carbocycles. The lowest BCUT2D eigenvalue weighted by Gasteiger charge is -2.37. The van der Waals surface area contributed by atoms with Crippen LogP contribution in [0.2, 0.25) is 0 Å². The van der Waals surface area contributed by atoms with Gasteiger partial charge in [-0.2, -0.15) is 0 Å². The fourth-order valence-electron chi connectivity index (χ4n) is 3.02. The van der Waals surface area contributed by atoms with E-state index in [1.54, 1.807) is 12.1 Å². The topological polar surface area (TPSA) is 17.1 Å². The SMILES string of the molecule is CC1(C)CCCCC1C(=O)Cc1ccc(F)cc1. The first-order chi connectivity index (χ1) is 8.49. The minimum atomic E-state index is -0.246. The number of benzene rings is 1. The van der Waals surface area contributed by atoms with Crippen LogP contribution in [0.4, 0.5) is 4.39 Å². The molecule has 1 aromatic rings. The lowest BCUT2D eigenvalue weighted by atomic mass is 9.66. The molecular formula is C16H21FO. The number of Topliss-reactive ketones (excluding diaryl/α,β-unsaturated/α-hetero) is 1. The molecular weight excluding hydrogens is 227 g/mol. The molecule has 0 radical (unpaired) electrons. The molecule has 98 valence electrons.